The first-order valence-corrected chi connectivity index (χ1v) is 9.36. The lowest BCUT2D eigenvalue weighted by Crippen LogP contribution is -2.29. The second kappa shape index (κ2) is 9.19. The largest absolute Gasteiger partial charge is 0.462 e. The van der Waals surface area contributed by atoms with Crippen molar-refractivity contribution in [1.29, 1.82) is 0 Å². The zero-order valence-corrected chi connectivity index (χ0v) is 15.8. The molecule has 2 aromatic rings. The van der Waals surface area contributed by atoms with E-state index in [1.54, 1.807) is 37.4 Å². The van der Waals surface area contributed by atoms with Crippen molar-refractivity contribution in [1.82, 2.24) is 9.55 Å². The van der Waals surface area contributed by atoms with Crippen LogP contribution < -0.4 is 10.9 Å². The molecule has 0 bridgehead atoms. The van der Waals surface area contributed by atoms with Gasteiger partial charge in [0.05, 0.1) is 12.2 Å². The summed E-state index contributed by atoms with van der Waals surface area (Å²) < 4.78 is 6.37. The summed E-state index contributed by atoms with van der Waals surface area (Å²) >= 11 is 1.30. The van der Waals surface area contributed by atoms with Gasteiger partial charge < -0.3 is 10.1 Å². The summed E-state index contributed by atoms with van der Waals surface area (Å²) in [7, 11) is 0. The monoisotopic (exact) mass is 375 g/mol. The second-order valence-electron chi connectivity index (χ2n) is 5.57. The summed E-state index contributed by atoms with van der Waals surface area (Å²) in [5.41, 5.74) is 1.29. The van der Waals surface area contributed by atoms with Gasteiger partial charge in [0.15, 0.2) is 5.16 Å². The van der Waals surface area contributed by atoms with Gasteiger partial charge in [0.25, 0.3) is 5.56 Å². The molecule has 1 heterocycles. The summed E-state index contributed by atoms with van der Waals surface area (Å²) in [6, 6.07) is 7.79. The number of anilines is 1. The Labute approximate surface area is 155 Å². The van der Waals surface area contributed by atoms with E-state index in [0.717, 1.165) is 6.42 Å². The third kappa shape index (κ3) is 5.19. The Hall–Kier alpha value is -2.61. The molecule has 0 aliphatic carbocycles. The summed E-state index contributed by atoms with van der Waals surface area (Å²) in [5, 5.41) is 3.19. The van der Waals surface area contributed by atoms with Crippen LogP contribution in [0.2, 0.25) is 0 Å². The SMILES string of the molecule is CCCOC(=O)c1ccc(NC(=O)Cn2c(SC)nc(C)cc2=O)cc1. The number of rotatable bonds is 7. The topological polar surface area (TPSA) is 90.3 Å². The Balaban J connectivity index is 2.05. The molecule has 26 heavy (non-hydrogen) atoms. The first-order valence-electron chi connectivity index (χ1n) is 8.14. The van der Waals surface area contributed by atoms with Gasteiger partial charge in [-0.2, -0.15) is 0 Å². The number of carbonyl (C=O) groups is 2. The number of benzene rings is 1. The maximum Gasteiger partial charge on any atom is 0.338 e. The molecule has 0 spiro atoms. The van der Waals surface area contributed by atoms with E-state index in [1.807, 2.05) is 6.92 Å². The van der Waals surface area contributed by atoms with Crippen molar-refractivity contribution in [3.05, 3.63) is 51.9 Å². The third-order valence-electron chi connectivity index (χ3n) is 3.43. The molecule has 138 valence electrons. The van der Waals surface area contributed by atoms with Crippen LogP contribution in [0.25, 0.3) is 0 Å². The highest BCUT2D eigenvalue weighted by atomic mass is 32.2. The van der Waals surface area contributed by atoms with E-state index in [0.29, 0.717) is 28.7 Å². The van der Waals surface area contributed by atoms with Gasteiger partial charge in [-0.05, 0) is 43.9 Å². The van der Waals surface area contributed by atoms with Crippen LogP contribution in [-0.4, -0.2) is 34.3 Å². The predicted octanol–water partition coefficient (Wildman–Crippen LogP) is 2.48. The summed E-state index contributed by atoms with van der Waals surface area (Å²) in [6.07, 6.45) is 2.55. The average molecular weight is 375 g/mol. The molecule has 0 unspecified atom stereocenters. The van der Waals surface area contributed by atoms with E-state index in [-0.39, 0.29) is 18.0 Å². The smallest absolute Gasteiger partial charge is 0.338 e. The van der Waals surface area contributed by atoms with E-state index in [9.17, 15) is 14.4 Å². The van der Waals surface area contributed by atoms with Gasteiger partial charge in [0.2, 0.25) is 5.91 Å². The fourth-order valence-corrected chi connectivity index (χ4v) is 2.82. The fraction of sp³-hybridized carbons (Fsp3) is 0.333. The van der Waals surface area contributed by atoms with Crippen molar-refractivity contribution in [2.24, 2.45) is 0 Å². The zero-order chi connectivity index (χ0) is 19.1. The van der Waals surface area contributed by atoms with E-state index >= 15 is 0 Å². The van der Waals surface area contributed by atoms with Gasteiger partial charge in [-0.15, -0.1) is 0 Å². The van der Waals surface area contributed by atoms with Crippen LogP contribution in [-0.2, 0) is 16.1 Å². The fourth-order valence-electron chi connectivity index (χ4n) is 2.21. The van der Waals surface area contributed by atoms with E-state index in [2.05, 4.69) is 10.3 Å². The van der Waals surface area contributed by atoms with Gasteiger partial charge in [0, 0.05) is 17.4 Å². The molecule has 0 radical (unpaired) electrons. The maximum atomic E-state index is 12.2. The van der Waals surface area contributed by atoms with Gasteiger partial charge in [-0.1, -0.05) is 18.7 Å². The number of amides is 1. The van der Waals surface area contributed by atoms with E-state index < -0.39 is 5.97 Å². The van der Waals surface area contributed by atoms with Crippen molar-refractivity contribution in [2.75, 3.05) is 18.2 Å². The molecule has 0 aliphatic rings. The minimum Gasteiger partial charge on any atom is -0.462 e. The number of esters is 1. The van der Waals surface area contributed by atoms with E-state index in [1.165, 1.54) is 22.4 Å². The Kier molecular flexibility index (Phi) is 6.97. The van der Waals surface area contributed by atoms with Crippen molar-refractivity contribution in [3.8, 4) is 0 Å². The van der Waals surface area contributed by atoms with Crippen LogP contribution in [0, 0.1) is 6.92 Å². The molecule has 0 saturated carbocycles. The highest BCUT2D eigenvalue weighted by Gasteiger charge is 2.12. The normalized spacial score (nSPS) is 10.4. The first kappa shape index (κ1) is 19.7. The Bertz CT molecular complexity index is 847. The quantitative estimate of drug-likeness (QED) is 0.454. The van der Waals surface area contributed by atoms with E-state index in [4.69, 9.17) is 4.74 Å². The summed E-state index contributed by atoms with van der Waals surface area (Å²) in [6.45, 7) is 3.89. The highest BCUT2D eigenvalue weighted by molar-refractivity contribution is 7.98. The van der Waals surface area contributed by atoms with Gasteiger partial charge in [-0.3, -0.25) is 14.2 Å². The van der Waals surface area contributed by atoms with Crippen LogP contribution in [0.4, 0.5) is 5.69 Å². The van der Waals surface area contributed by atoms with Crippen molar-refractivity contribution in [2.45, 2.75) is 32.0 Å². The molecule has 1 amide bonds. The number of aryl methyl sites for hydroxylation is 1. The molecule has 0 aliphatic heterocycles. The number of hydrogen-bond acceptors (Lipinski definition) is 6. The Morgan fingerprint density at radius 3 is 2.58 bits per heavy atom. The van der Waals surface area contributed by atoms with Crippen LogP contribution in [0.1, 0.15) is 29.4 Å². The molecule has 1 aromatic heterocycles. The molecule has 7 nitrogen and oxygen atoms in total. The minimum atomic E-state index is -0.397. The zero-order valence-electron chi connectivity index (χ0n) is 14.9. The molecule has 8 heteroatoms. The average Bonchev–Trinajstić information content (AvgIpc) is 2.62. The van der Waals surface area contributed by atoms with Crippen molar-refractivity contribution < 1.29 is 14.3 Å². The van der Waals surface area contributed by atoms with Gasteiger partial charge in [0.1, 0.15) is 6.54 Å². The molecule has 0 saturated heterocycles. The maximum absolute atomic E-state index is 12.2. The second-order valence-corrected chi connectivity index (χ2v) is 6.34. The Morgan fingerprint density at radius 2 is 1.96 bits per heavy atom. The molecule has 1 N–H and O–H groups in total. The predicted molar refractivity (Wildman–Crippen MR) is 101 cm³/mol. The number of aromatic nitrogens is 2. The number of ether oxygens (including phenoxy) is 1. The lowest BCUT2D eigenvalue weighted by atomic mass is 10.2. The molecular weight excluding hydrogens is 354 g/mol. The number of nitrogens with zero attached hydrogens (tertiary/aromatic N) is 2. The standard InChI is InChI=1S/C18H21N3O4S/c1-4-9-25-17(24)13-5-7-14(8-6-13)20-15(22)11-21-16(23)10-12(2)19-18(21)26-3/h5-8,10H,4,9,11H2,1-3H3,(H,20,22). The lowest BCUT2D eigenvalue weighted by Gasteiger charge is -2.11. The van der Waals surface area contributed by atoms with Crippen LogP contribution in [0.3, 0.4) is 0 Å². The van der Waals surface area contributed by atoms with Gasteiger partial charge >= 0.3 is 5.97 Å². The highest BCUT2D eigenvalue weighted by Crippen LogP contribution is 2.13. The van der Waals surface area contributed by atoms with Crippen molar-refractivity contribution in [3.63, 3.8) is 0 Å². The Morgan fingerprint density at radius 1 is 1.27 bits per heavy atom. The molecule has 0 atom stereocenters. The molecular formula is C18H21N3O4S. The first-order chi connectivity index (χ1) is 12.4. The minimum absolute atomic E-state index is 0.136. The van der Waals surface area contributed by atoms with Crippen LogP contribution in [0.5, 0.6) is 0 Å². The summed E-state index contributed by atoms with van der Waals surface area (Å²) in [4.78, 5) is 40.4. The lowest BCUT2D eigenvalue weighted by molar-refractivity contribution is -0.116. The number of hydrogen-bond donors (Lipinski definition) is 1. The number of thioether (sulfide) groups is 1. The van der Waals surface area contributed by atoms with Crippen LogP contribution >= 0.6 is 11.8 Å². The summed E-state index contributed by atoms with van der Waals surface area (Å²) in [5.74, 6) is -0.749. The van der Waals surface area contributed by atoms with Gasteiger partial charge in [-0.25, -0.2) is 9.78 Å². The number of carbonyl (C=O) groups excluding carboxylic acids is 2. The molecule has 1 aromatic carbocycles. The molecule has 0 fully saturated rings. The third-order valence-corrected chi connectivity index (χ3v) is 4.10. The molecule has 2 rings (SSSR count). The van der Waals surface area contributed by atoms with Crippen LogP contribution in [0.15, 0.2) is 40.3 Å². The van der Waals surface area contributed by atoms with Crippen molar-refractivity contribution >= 4 is 29.3 Å². The number of nitrogens with one attached hydrogen (secondary N) is 1.